The molecule has 1 fully saturated rings. The van der Waals surface area contributed by atoms with Crippen LogP contribution in [0.25, 0.3) is 0 Å². The summed E-state index contributed by atoms with van der Waals surface area (Å²) in [6, 6.07) is 2.18. The number of anilines is 1. The van der Waals surface area contributed by atoms with E-state index in [1.807, 2.05) is 11.8 Å². The highest BCUT2D eigenvalue weighted by molar-refractivity contribution is 5.76. The van der Waals surface area contributed by atoms with Crippen molar-refractivity contribution < 1.29 is 4.79 Å². The highest BCUT2D eigenvalue weighted by Crippen LogP contribution is 2.19. The largest absolute Gasteiger partial charge is 0.352 e. The molecule has 1 atom stereocenters. The van der Waals surface area contributed by atoms with Gasteiger partial charge in [-0.1, -0.05) is 6.92 Å². The molecule has 19 heavy (non-hydrogen) atoms. The fourth-order valence-corrected chi connectivity index (χ4v) is 2.26. The number of hydrogen-bond acceptors (Lipinski definition) is 5. The molecule has 100 valence electrons. The summed E-state index contributed by atoms with van der Waals surface area (Å²) in [6.45, 7) is 3.36. The fraction of sp³-hybridized carbons (Fsp3) is 0.538. The first-order valence-electron chi connectivity index (χ1n) is 6.50. The SMILES string of the molecule is CCC(=O)NC1CCCN(c2nccnc2C#N)C1. The number of nitrogens with one attached hydrogen (secondary N) is 1. The van der Waals surface area contributed by atoms with Crippen LogP contribution < -0.4 is 10.2 Å². The van der Waals surface area contributed by atoms with Gasteiger partial charge in [0.15, 0.2) is 11.5 Å². The van der Waals surface area contributed by atoms with Crippen LogP contribution in [0, 0.1) is 11.3 Å². The lowest BCUT2D eigenvalue weighted by Crippen LogP contribution is -2.48. The Kier molecular flexibility index (Phi) is 4.29. The maximum atomic E-state index is 11.4. The molecule has 0 saturated carbocycles. The van der Waals surface area contributed by atoms with Crippen molar-refractivity contribution in [3.8, 4) is 6.07 Å². The Hall–Kier alpha value is -2.16. The van der Waals surface area contributed by atoms with Gasteiger partial charge in [-0.3, -0.25) is 4.79 Å². The number of carbonyl (C=O) groups is 1. The minimum atomic E-state index is 0.0616. The minimum absolute atomic E-state index is 0.0616. The first kappa shape index (κ1) is 13.3. The topological polar surface area (TPSA) is 81.9 Å². The predicted molar refractivity (Wildman–Crippen MR) is 70.4 cm³/mol. The van der Waals surface area contributed by atoms with Crippen LogP contribution >= 0.6 is 0 Å². The average molecular weight is 259 g/mol. The van der Waals surface area contributed by atoms with Crippen molar-refractivity contribution in [1.29, 1.82) is 5.26 Å². The number of nitrogens with zero attached hydrogens (tertiary/aromatic N) is 4. The Morgan fingerprint density at radius 1 is 1.58 bits per heavy atom. The van der Waals surface area contributed by atoms with Crippen molar-refractivity contribution in [3.63, 3.8) is 0 Å². The molecule has 0 spiro atoms. The zero-order valence-electron chi connectivity index (χ0n) is 11.0. The molecule has 6 heteroatoms. The third-order valence-corrected chi connectivity index (χ3v) is 3.19. The molecule has 1 unspecified atom stereocenters. The smallest absolute Gasteiger partial charge is 0.219 e. The molecule has 1 N–H and O–H groups in total. The van der Waals surface area contributed by atoms with E-state index in [4.69, 9.17) is 5.26 Å². The van der Waals surface area contributed by atoms with E-state index < -0.39 is 0 Å². The number of rotatable bonds is 3. The first-order valence-corrected chi connectivity index (χ1v) is 6.50. The van der Waals surface area contributed by atoms with Crippen LogP contribution in [0.3, 0.4) is 0 Å². The summed E-state index contributed by atoms with van der Waals surface area (Å²) >= 11 is 0. The van der Waals surface area contributed by atoms with Crippen molar-refractivity contribution in [1.82, 2.24) is 15.3 Å². The number of carbonyl (C=O) groups excluding carboxylic acids is 1. The van der Waals surface area contributed by atoms with Crippen LogP contribution in [0.1, 0.15) is 31.9 Å². The average Bonchev–Trinajstić information content (AvgIpc) is 2.47. The fourth-order valence-electron chi connectivity index (χ4n) is 2.26. The van der Waals surface area contributed by atoms with Crippen LogP contribution in [0.5, 0.6) is 0 Å². The van der Waals surface area contributed by atoms with Gasteiger partial charge in [0.25, 0.3) is 0 Å². The summed E-state index contributed by atoms with van der Waals surface area (Å²) in [7, 11) is 0. The van der Waals surface area contributed by atoms with Gasteiger partial charge in [0, 0.05) is 37.9 Å². The molecule has 0 aliphatic carbocycles. The number of nitriles is 1. The summed E-state index contributed by atoms with van der Waals surface area (Å²) in [5.74, 6) is 0.673. The maximum absolute atomic E-state index is 11.4. The van der Waals surface area contributed by atoms with E-state index in [-0.39, 0.29) is 11.9 Å². The van der Waals surface area contributed by atoms with Crippen LogP contribution in [-0.4, -0.2) is 35.0 Å². The van der Waals surface area contributed by atoms with Crippen LogP contribution in [-0.2, 0) is 4.79 Å². The zero-order valence-corrected chi connectivity index (χ0v) is 11.0. The Morgan fingerprint density at radius 3 is 3.11 bits per heavy atom. The van der Waals surface area contributed by atoms with E-state index in [2.05, 4.69) is 21.4 Å². The molecule has 1 saturated heterocycles. The monoisotopic (exact) mass is 259 g/mol. The molecule has 2 rings (SSSR count). The van der Waals surface area contributed by atoms with Crippen molar-refractivity contribution in [2.24, 2.45) is 0 Å². The summed E-state index contributed by atoms with van der Waals surface area (Å²) in [5, 5.41) is 12.0. The summed E-state index contributed by atoms with van der Waals surface area (Å²) in [4.78, 5) is 21.7. The third kappa shape index (κ3) is 3.19. The van der Waals surface area contributed by atoms with Gasteiger partial charge < -0.3 is 10.2 Å². The first-order chi connectivity index (χ1) is 9.24. The molecular formula is C13H17N5O. The van der Waals surface area contributed by atoms with Gasteiger partial charge >= 0.3 is 0 Å². The molecule has 1 aliphatic heterocycles. The molecule has 1 aliphatic rings. The summed E-state index contributed by atoms with van der Waals surface area (Å²) in [5.41, 5.74) is 0.338. The number of hydrogen-bond donors (Lipinski definition) is 1. The van der Waals surface area contributed by atoms with E-state index in [1.54, 1.807) is 6.20 Å². The van der Waals surface area contributed by atoms with E-state index in [1.165, 1.54) is 6.20 Å². The Balaban J connectivity index is 2.09. The lowest BCUT2D eigenvalue weighted by molar-refractivity contribution is -0.121. The minimum Gasteiger partial charge on any atom is -0.352 e. The van der Waals surface area contributed by atoms with Crippen molar-refractivity contribution in [3.05, 3.63) is 18.1 Å². The van der Waals surface area contributed by atoms with Gasteiger partial charge in [0.1, 0.15) is 6.07 Å². The van der Waals surface area contributed by atoms with Gasteiger partial charge in [-0.25, -0.2) is 9.97 Å². The van der Waals surface area contributed by atoms with Gasteiger partial charge in [-0.2, -0.15) is 5.26 Å². The summed E-state index contributed by atoms with van der Waals surface area (Å²) < 4.78 is 0. The Labute approximate surface area is 112 Å². The molecule has 2 heterocycles. The van der Waals surface area contributed by atoms with Crippen LogP contribution in [0.15, 0.2) is 12.4 Å². The van der Waals surface area contributed by atoms with E-state index in [9.17, 15) is 4.79 Å². The second-order valence-corrected chi connectivity index (χ2v) is 4.55. The number of piperidine rings is 1. The molecule has 1 aromatic rings. The summed E-state index contributed by atoms with van der Waals surface area (Å²) in [6.07, 6.45) is 5.53. The standard InChI is InChI=1S/C13H17N5O/c1-2-12(19)17-10-4-3-7-18(9-10)13-11(8-14)15-5-6-16-13/h5-6,10H,2-4,7,9H2,1H3,(H,17,19). The molecule has 0 radical (unpaired) electrons. The molecule has 6 nitrogen and oxygen atoms in total. The van der Waals surface area contributed by atoms with Crippen LogP contribution in [0.4, 0.5) is 5.82 Å². The highest BCUT2D eigenvalue weighted by Gasteiger charge is 2.23. The number of aromatic nitrogens is 2. The molecule has 1 aromatic heterocycles. The highest BCUT2D eigenvalue weighted by atomic mass is 16.1. The van der Waals surface area contributed by atoms with Gasteiger partial charge in [0.2, 0.25) is 5.91 Å². The molecule has 0 bridgehead atoms. The van der Waals surface area contributed by atoms with Crippen molar-refractivity contribution in [2.45, 2.75) is 32.2 Å². The number of amides is 1. The molecule has 0 aromatic carbocycles. The predicted octanol–water partition coefficient (Wildman–Crippen LogP) is 0.843. The van der Waals surface area contributed by atoms with Gasteiger partial charge in [-0.05, 0) is 12.8 Å². The van der Waals surface area contributed by atoms with E-state index in [0.717, 1.165) is 19.4 Å². The normalized spacial score (nSPS) is 18.7. The second-order valence-electron chi connectivity index (χ2n) is 4.55. The third-order valence-electron chi connectivity index (χ3n) is 3.19. The Morgan fingerprint density at radius 2 is 2.37 bits per heavy atom. The maximum Gasteiger partial charge on any atom is 0.219 e. The van der Waals surface area contributed by atoms with E-state index in [0.29, 0.717) is 24.5 Å². The van der Waals surface area contributed by atoms with Gasteiger partial charge in [-0.15, -0.1) is 0 Å². The lowest BCUT2D eigenvalue weighted by Gasteiger charge is -2.34. The van der Waals surface area contributed by atoms with E-state index >= 15 is 0 Å². The van der Waals surface area contributed by atoms with Crippen molar-refractivity contribution in [2.75, 3.05) is 18.0 Å². The van der Waals surface area contributed by atoms with Gasteiger partial charge in [0.05, 0.1) is 0 Å². The Bertz CT molecular complexity index is 496. The van der Waals surface area contributed by atoms with Crippen molar-refractivity contribution >= 4 is 11.7 Å². The lowest BCUT2D eigenvalue weighted by atomic mass is 10.1. The zero-order chi connectivity index (χ0) is 13.7. The molecule has 1 amide bonds. The molecular weight excluding hydrogens is 242 g/mol. The second kappa shape index (κ2) is 6.14. The quantitative estimate of drug-likeness (QED) is 0.870. The van der Waals surface area contributed by atoms with Crippen LogP contribution in [0.2, 0.25) is 0 Å².